The minimum Gasteiger partial charge on any atom is -0.352 e. The summed E-state index contributed by atoms with van der Waals surface area (Å²) in [6.07, 6.45) is 2.17. The van der Waals surface area contributed by atoms with E-state index in [1.165, 1.54) is 17.3 Å². The Hall–Kier alpha value is -2.60. The summed E-state index contributed by atoms with van der Waals surface area (Å²) >= 11 is 1.44. The van der Waals surface area contributed by atoms with E-state index in [4.69, 9.17) is 0 Å². The first-order valence-electron chi connectivity index (χ1n) is 9.17. The van der Waals surface area contributed by atoms with Crippen LogP contribution in [-0.2, 0) is 4.79 Å². The Morgan fingerprint density at radius 2 is 1.81 bits per heavy atom. The molecule has 3 aromatic rings. The van der Waals surface area contributed by atoms with E-state index in [0.29, 0.717) is 6.04 Å². The topological polar surface area (TPSA) is 59.8 Å². The number of aromatic nitrogens is 3. The average Bonchev–Trinajstić information content (AvgIpc) is 3.40. The second kappa shape index (κ2) is 7.56. The van der Waals surface area contributed by atoms with Crippen molar-refractivity contribution in [3.63, 3.8) is 0 Å². The third-order valence-corrected chi connectivity index (χ3v) is 5.58. The number of rotatable bonds is 6. The van der Waals surface area contributed by atoms with Gasteiger partial charge in [0, 0.05) is 17.3 Å². The van der Waals surface area contributed by atoms with Gasteiger partial charge in [0.25, 0.3) is 0 Å². The molecular weight excluding hydrogens is 356 g/mol. The van der Waals surface area contributed by atoms with Crippen molar-refractivity contribution in [1.82, 2.24) is 20.1 Å². The molecule has 6 heteroatoms. The van der Waals surface area contributed by atoms with Gasteiger partial charge in [-0.25, -0.2) is 0 Å². The van der Waals surface area contributed by atoms with E-state index >= 15 is 0 Å². The van der Waals surface area contributed by atoms with E-state index in [1.54, 1.807) is 0 Å². The number of nitrogens with zero attached hydrogens (tertiary/aromatic N) is 3. The van der Waals surface area contributed by atoms with Crippen molar-refractivity contribution in [2.45, 2.75) is 43.1 Å². The summed E-state index contributed by atoms with van der Waals surface area (Å²) in [5.41, 5.74) is 3.17. The summed E-state index contributed by atoms with van der Waals surface area (Å²) in [6.45, 7) is 3.98. The molecule has 1 N–H and O–H groups in total. The first-order valence-corrected chi connectivity index (χ1v) is 10.0. The maximum absolute atomic E-state index is 12.4. The lowest BCUT2D eigenvalue weighted by Gasteiger charge is -2.14. The molecule has 1 saturated carbocycles. The lowest BCUT2D eigenvalue weighted by molar-refractivity contribution is -0.120. The van der Waals surface area contributed by atoms with E-state index < -0.39 is 0 Å². The molecule has 2 aromatic carbocycles. The Morgan fingerprint density at radius 1 is 1.11 bits per heavy atom. The van der Waals surface area contributed by atoms with Gasteiger partial charge in [-0.1, -0.05) is 59.8 Å². The van der Waals surface area contributed by atoms with Crippen LogP contribution in [0.1, 0.15) is 25.3 Å². The summed E-state index contributed by atoms with van der Waals surface area (Å²) in [5, 5.41) is 12.4. The van der Waals surface area contributed by atoms with E-state index in [9.17, 15) is 4.79 Å². The number of benzene rings is 2. The molecule has 1 amide bonds. The normalized spacial score (nSPS) is 14.7. The van der Waals surface area contributed by atoms with Crippen molar-refractivity contribution in [3.8, 4) is 17.1 Å². The molecule has 0 radical (unpaired) electrons. The molecule has 0 aliphatic heterocycles. The van der Waals surface area contributed by atoms with E-state index in [1.807, 2.05) is 41.8 Å². The standard InChI is InChI=1S/C21H22N4OS/c1-14-8-12-18(13-9-14)25-19(16-6-4-3-5-7-16)23-24-21(25)27-15(2)20(26)22-17-10-11-17/h3-9,12-13,15,17H,10-11H2,1-2H3,(H,22,26). The summed E-state index contributed by atoms with van der Waals surface area (Å²) in [5.74, 6) is 0.832. The number of amides is 1. The van der Waals surface area contributed by atoms with Gasteiger partial charge in [0.2, 0.25) is 5.91 Å². The Kier molecular flexibility index (Phi) is 4.99. The second-order valence-corrected chi connectivity index (χ2v) is 8.19. The van der Waals surface area contributed by atoms with Crippen molar-refractivity contribution in [2.24, 2.45) is 0 Å². The molecular formula is C21H22N4OS. The highest BCUT2D eigenvalue weighted by Gasteiger charge is 2.27. The molecule has 1 aromatic heterocycles. The summed E-state index contributed by atoms with van der Waals surface area (Å²) < 4.78 is 2.03. The Morgan fingerprint density at radius 3 is 2.48 bits per heavy atom. The minimum atomic E-state index is -0.234. The zero-order valence-corrected chi connectivity index (χ0v) is 16.2. The number of hydrogen-bond donors (Lipinski definition) is 1. The predicted octanol–water partition coefficient (Wildman–Crippen LogP) is 4.00. The second-order valence-electron chi connectivity index (χ2n) is 6.89. The van der Waals surface area contributed by atoms with Crippen LogP contribution < -0.4 is 5.32 Å². The highest BCUT2D eigenvalue weighted by Crippen LogP contribution is 2.30. The summed E-state index contributed by atoms with van der Waals surface area (Å²) in [7, 11) is 0. The Bertz CT molecular complexity index is 933. The predicted molar refractivity (Wildman–Crippen MR) is 108 cm³/mol. The van der Waals surface area contributed by atoms with Gasteiger partial charge in [-0.3, -0.25) is 9.36 Å². The van der Waals surface area contributed by atoms with E-state index in [0.717, 1.165) is 35.1 Å². The molecule has 27 heavy (non-hydrogen) atoms. The molecule has 0 spiro atoms. The minimum absolute atomic E-state index is 0.0576. The molecule has 1 atom stereocenters. The number of nitrogens with one attached hydrogen (secondary N) is 1. The maximum Gasteiger partial charge on any atom is 0.233 e. The first kappa shape index (κ1) is 17.8. The van der Waals surface area contributed by atoms with Crippen LogP contribution in [0.25, 0.3) is 17.1 Å². The van der Waals surface area contributed by atoms with Gasteiger partial charge < -0.3 is 5.32 Å². The number of thioether (sulfide) groups is 1. The highest BCUT2D eigenvalue weighted by molar-refractivity contribution is 8.00. The SMILES string of the molecule is Cc1ccc(-n2c(SC(C)C(=O)NC3CC3)nnc2-c2ccccc2)cc1. The molecule has 0 saturated heterocycles. The number of carbonyl (C=O) groups is 1. The van der Waals surface area contributed by atoms with E-state index in [-0.39, 0.29) is 11.2 Å². The number of hydrogen-bond acceptors (Lipinski definition) is 4. The zero-order chi connectivity index (χ0) is 18.8. The van der Waals surface area contributed by atoms with Crippen molar-refractivity contribution >= 4 is 17.7 Å². The van der Waals surface area contributed by atoms with Crippen molar-refractivity contribution in [3.05, 3.63) is 60.2 Å². The third-order valence-electron chi connectivity index (χ3n) is 4.53. The monoisotopic (exact) mass is 378 g/mol. The van der Waals surface area contributed by atoms with Gasteiger partial charge in [0.1, 0.15) is 0 Å². The van der Waals surface area contributed by atoms with Crippen LogP contribution in [0.4, 0.5) is 0 Å². The van der Waals surface area contributed by atoms with Crippen LogP contribution in [0.2, 0.25) is 0 Å². The zero-order valence-electron chi connectivity index (χ0n) is 15.4. The largest absolute Gasteiger partial charge is 0.352 e. The molecule has 138 valence electrons. The lowest BCUT2D eigenvalue weighted by Crippen LogP contribution is -2.32. The van der Waals surface area contributed by atoms with Crippen LogP contribution in [-0.4, -0.2) is 32.0 Å². The van der Waals surface area contributed by atoms with Crippen LogP contribution in [0.5, 0.6) is 0 Å². The van der Waals surface area contributed by atoms with Crippen LogP contribution >= 0.6 is 11.8 Å². The molecule has 1 unspecified atom stereocenters. The molecule has 1 aliphatic rings. The van der Waals surface area contributed by atoms with Gasteiger partial charge in [0.15, 0.2) is 11.0 Å². The summed E-state index contributed by atoms with van der Waals surface area (Å²) in [6, 6.07) is 18.6. The Balaban J connectivity index is 1.69. The average molecular weight is 379 g/mol. The number of aryl methyl sites for hydroxylation is 1. The van der Waals surface area contributed by atoms with Crippen molar-refractivity contribution < 1.29 is 4.79 Å². The smallest absolute Gasteiger partial charge is 0.233 e. The Labute approximate surface area is 163 Å². The molecule has 5 nitrogen and oxygen atoms in total. The fourth-order valence-electron chi connectivity index (χ4n) is 2.80. The van der Waals surface area contributed by atoms with Crippen LogP contribution in [0.3, 0.4) is 0 Å². The first-order chi connectivity index (χ1) is 13.1. The maximum atomic E-state index is 12.4. The van der Waals surface area contributed by atoms with E-state index in [2.05, 4.69) is 46.7 Å². The van der Waals surface area contributed by atoms with Crippen molar-refractivity contribution in [1.29, 1.82) is 0 Å². The summed E-state index contributed by atoms with van der Waals surface area (Å²) in [4.78, 5) is 12.4. The molecule has 1 fully saturated rings. The fourth-order valence-corrected chi connectivity index (χ4v) is 3.68. The van der Waals surface area contributed by atoms with Gasteiger partial charge in [0.05, 0.1) is 5.25 Å². The van der Waals surface area contributed by atoms with Crippen LogP contribution in [0.15, 0.2) is 59.8 Å². The van der Waals surface area contributed by atoms with Gasteiger partial charge >= 0.3 is 0 Å². The highest BCUT2D eigenvalue weighted by atomic mass is 32.2. The van der Waals surface area contributed by atoms with Crippen molar-refractivity contribution in [2.75, 3.05) is 0 Å². The molecule has 4 rings (SSSR count). The van der Waals surface area contributed by atoms with Gasteiger partial charge in [-0.15, -0.1) is 10.2 Å². The molecule has 0 bridgehead atoms. The van der Waals surface area contributed by atoms with Crippen LogP contribution in [0, 0.1) is 6.92 Å². The number of carbonyl (C=O) groups excluding carboxylic acids is 1. The fraction of sp³-hybridized carbons (Fsp3) is 0.286. The lowest BCUT2D eigenvalue weighted by atomic mass is 10.2. The molecule has 1 heterocycles. The van der Waals surface area contributed by atoms with Gasteiger partial charge in [-0.05, 0) is 38.8 Å². The quantitative estimate of drug-likeness (QED) is 0.659. The third kappa shape index (κ3) is 4.06. The molecule has 1 aliphatic carbocycles. The van der Waals surface area contributed by atoms with Gasteiger partial charge in [-0.2, -0.15) is 0 Å².